The highest BCUT2D eigenvalue weighted by molar-refractivity contribution is 7.88. The summed E-state index contributed by atoms with van der Waals surface area (Å²) >= 11 is 0. The van der Waals surface area contributed by atoms with E-state index in [1.165, 1.54) is 30.2 Å². The number of sulfonamides is 1. The summed E-state index contributed by atoms with van der Waals surface area (Å²) in [7, 11) is -3.04. The predicted octanol–water partition coefficient (Wildman–Crippen LogP) is 1.77. The molecule has 1 aromatic carbocycles. The second-order valence-electron chi connectivity index (χ2n) is 5.75. The zero-order chi connectivity index (χ0) is 14.6. The molecule has 2 rings (SSSR count). The van der Waals surface area contributed by atoms with Crippen LogP contribution in [0.25, 0.3) is 0 Å². The largest absolute Gasteiger partial charge is 0.314 e. The number of hydrogen-bond acceptors (Lipinski definition) is 3. The smallest absolute Gasteiger partial charge is 0.208 e. The molecule has 4 nitrogen and oxygen atoms in total. The molecule has 0 atom stereocenters. The van der Waals surface area contributed by atoms with Gasteiger partial charge in [-0.2, -0.15) is 0 Å². The van der Waals surface area contributed by atoms with Crippen molar-refractivity contribution in [2.45, 2.75) is 38.1 Å². The molecule has 0 spiro atoms. The molecule has 0 aliphatic heterocycles. The molecule has 1 aliphatic carbocycles. The molecule has 0 radical (unpaired) electrons. The molecule has 1 saturated carbocycles. The van der Waals surface area contributed by atoms with Crippen LogP contribution in [0.15, 0.2) is 24.3 Å². The molecule has 1 aromatic rings. The summed E-state index contributed by atoms with van der Waals surface area (Å²) in [6.45, 7) is 3.51. The van der Waals surface area contributed by atoms with Gasteiger partial charge >= 0.3 is 0 Å². The van der Waals surface area contributed by atoms with E-state index in [0.717, 1.165) is 13.0 Å². The fraction of sp³-hybridized carbons (Fsp3) is 0.600. The van der Waals surface area contributed by atoms with E-state index in [1.54, 1.807) is 0 Å². The zero-order valence-corrected chi connectivity index (χ0v) is 13.0. The zero-order valence-electron chi connectivity index (χ0n) is 12.2. The summed E-state index contributed by atoms with van der Waals surface area (Å²) < 4.78 is 24.3. The molecular formula is C15H24N2O2S. The average Bonchev–Trinajstić information content (AvgIpc) is 2.29. The van der Waals surface area contributed by atoms with Gasteiger partial charge in [-0.05, 0) is 44.2 Å². The number of nitrogens with one attached hydrogen (secondary N) is 2. The maximum atomic E-state index is 10.9. The number of benzene rings is 1. The first-order chi connectivity index (χ1) is 9.44. The lowest BCUT2D eigenvalue weighted by molar-refractivity contribution is 0.291. The molecule has 0 amide bonds. The first-order valence-corrected chi connectivity index (χ1v) is 9.08. The van der Waals surface area contributed by atoms with Crippen LogP contribution in [0.4, 0.5) is 0 Å². The van der Waals surface area contributed by atoms with Crippen LogP contribution in [0.5, 0.6) is 0 Å². The lowest BCUT2D eigenvalue weighted by Crippen LogP contribution is -2.41. The van der Waals surface area contributed by atoms with Gasteiger partial charge in [-0.1, -0.05) is 29.8 Å². The van der Waals surface area contributed by atoms with E-state index in [2.05, 4.69) is 41.2 Å². The van der Waals surface area contributed by atoms with Crippen LogP contribution in [-0.4, -0.2) is 33.8 Å². The van der Waals surface area contributed by atoms with Crippen molar-refractivity contribution < 1.29 is 8.42 Å². The molecule has 0 unspecified atom stereocenters. The van der Waals surface area contributed by atoms with E-state index < -0.39 is 10.0 Å². The van der Waals surface area contributed by atoms with Crippen LogP contribution in [0.1, 0.15) is 36.3 Å². The Morgan fingerprint density at radius 1 is 1.25 bits per heavy atom. The summed E-state index contributed by atoms with van der Waals surface area (Å²) in [5, 5.41) is 3.48. The quantitative estimate of drug-likeness (QED) is 0.754. The van der Waals surface area contributed by atoms with Crippen LogP contribution in [0.3, 0.4) is 0 Å². The van der Waals surface area contributed by atoms with Gasteiger partial charge in [0.2, 0.25) is 10.0 Å². The minimum atomic E-state index is -3.04. The van der Waals surface area contributed by atoms with Crippen molar-refractivity contribution in [1.82, 2.24) is 10.0 Å². The fourth-order valence-corrected chi connectivity index (χ4v) is 3.15. The Balaban J connectivity index is 1.60. The normalized spacial score (nSPS) is 22.5. The summed E-state index contributed by atoms with van der Waals surface area (Å²) in [6.07, 6.45) is 4.39. The maximum Gasteiger partial charge on any atom is 0.208 e. The van der Waals surface area contributed by atoms with E-state index in [0.29, 0.717) is 18.5 Å². The number of rotatable bonds is 7. The van der Waals surface area contributed by atoms with Crippen molar-refractivity contribution >= 4 is 10.0 Å². The van der Waals surface area contributed by atoms with Crippen LogP contribution in [0, 0.1) is 6.92 Å². The first-order valence-electron chi connectivity index (χ1n) is 7.18. The molecule has 5 heteroatoms. The number of hydrogen-bond donors (Lipinski definition) is 2. The number of aryl methyl sites for hydroxylation is 1. The standard InChI is InChI=1S/C15H24N2O2S/c1-12-5-3-6-13(9-12)14-10-15(11-14)16-7-4-8-17-20(2,18)19/h3,5-6,9,14-17H,4,7-8,10-11H2,1-2H3. The van der Waals surface area contributed by atoms with Crippen molar-refractivity contribution in [3.8, 4) is 0 Å². The second-order valence-corrected chi connectivity index (χ2v) is 7.59. The van der Waals surface area contributed by atoms with Gasteiger partial charge in [-0.25, -0.2) is 13.1 Å². The van der Waals surface area contributed by atoms with Gasteiger partial charge in [0, 0.05) is 12.6 Å². The third-order valence-corrected chi connectivity index (χ3v) is 4.53. The van der Waals surface area contributed by atoms with Gasteiger partial charge < -0.3 is 5.32 Å². The molecule has 1 aliphatic rings. The summed E-state index contributed by atoms with van der Waals surface area (Å²) in [4.78, 5) is 0. The monoisotopic (exact) mass is 296 g/mol. The Morgan fingerprint density at radius 3 is 2.65 bits per heavy atom. The molecular weight excluding hydrogens is 272 g/mol. The van der Waals surface area contributed by atoms with Gasteiger partial charge in [0.05, 0.1) is 6.26 Å². The van der Waals surface area contributed by atoms with E-state index in [1.807, 2.05) is 0 Å². The third-order valence-electron chi connectivity index (χ3n) is 3.80. The van der Waals surface area contributed by atoms with Gasteiger partial charge in [-0.15, -0.1) is 0 Å². The average molecular weight is 296 g/mol. The van der Waals surface area contributed by atoms with Crippen LogP contribution < -0.4 is 10.0 Å². The van der Waals surface area contributed by atoms with Crippen molar-refractivity contribution in [2.75, 3.05) is 19.3 Å². The Kier molecular flexibility index (Phi) is 5.18. The van der Waals surface area contributed by atoms with E-state index in [-0.39, 0.29) is 0 Å². The molecule has 20 heavy (non-hydrogen) atoms. The Labute approximate surface area is 122 Å². The Bertz CT molecular complexity index is 537. The van der Waals surface area contributed by atoms with Gasteiger partial charge in [0.15, 0.2) is 0 Å². The molecule has 0 bridgehead atoms. The summed E-state index contributed by atoms with van der Waals surface area (Å²) in [5.74, 6) is 0.682. The lowest BCUT2D eigenvalue weighted by atomic mass is 9.75. The Morgan fingerprint density at radius 2 is 2.00 bits per heavy atom. The highest BCUT2D eigenvalue weighted by Gasteiger charge is 2.29. The fourth-order valence-electron chi connectivity index (χ4n) is 2.63. The molecule has 0 heterocycles. The van der Waals surface area contributed by atoms with Gasteiger partial charge in [-0.3, -0.25) is 0 Å². The molecule has 112 valence electrons. The molecule has 0 saturated heterocycles. The summed E-state index contributed by atoms with van der Waals surface area (Å²) in [5.41, 5.74) is 2.77. The SMILES string of the molecule is Cc1cccc(C2CC(NCCCNS(C)(=O)=O)C2)c1. The molecule has 2 N–H and O–H groups in total. The van der Waals surface area contributed by atoms with Gasteiger partial charge in [0.1, 0.15) is 0 Å². The van der Waals surface area contributed by atoms with Gasteiger partial charge in [0.25, 0.3) is 0 Å². The molecule has 0 aromatic heterocycles. The lowest BCUT2D eigenvalue weighted by Gasteiger charge is -2.36. The molecule has 1 fully saturated rings. The van der Waals surface area contributed by atoms with E-state index in [9.17, 15) is 8.42 Å². The third kappa shape index (κ3) is 4.89. The second kappa shape index (κ2) is 6.70. The minimum Gasteiger partial charge on any atom is -0.314 e. The van der Waals surface area contributed by atoms with Crippen LogP contribution in [0.2, 0.25) is 0 Å². The highest BCUT2D eigenvalue weighted by atomic mass is 32.2. The van der Waals surface area contributed by atoms with Crippen LogP contribution in [-0.2, 0) is 10.0 Å². The first kappa shape index (κ1) is 15.5. The summed E-state index contributed by atoms with van der Waals surface area (Å²) in [6, 6.07) is 9.33. The van der Waals surface area contributed by atoms with Crippen LogP contribution >= 0.6 is 0 Å². The highest BCUT2D eigenvalue weighted by Crippen LogP contribution is 2.36. The Hall–Kier alpha value is -0.910. The topological polar surface area (TPSA) is 58.2 Å². The van der Waals surface area contributed by atoms with E-state index >= 15 is 0 Å². The van der Waals surface area contributed by atoms with Crippen molar-refractivity contribution in [2.24, 2.45) is 0 Å². The maximum absolute atomic E-state index is 10.9. The van der Waals surface area contributed by atoms with Crippen molar-refractivity contribution in [3.05, 3.63) is 35.4 Å². The van der Waals surface area contributed by atoms with Crippen molar-refractivity contribution in [3.63, 3.8) is 0 Å². The van der Waals surface area contributed by atoms with Crippen molar-refractivity contribution in [1.29, 1.82) is 0 Å². The minimum absolute atomic E-state index is 0.514. The predicted molar refractivity (Wildman–Crippen MR) is 82.4 cm³/mol. The van der Waals surface area contributed by atoms with E-state index in [4.69, 9.17) is 0 Å².